The molecule has 3 rings (SSSR count). The van der Waals surface area contributed by atoms with Crippen molar-refractivity contribution in [3.05, 3.63) is 82.4 Å². The van der Waals surface area contributed by atoms with E-state index in [1.54, 1.807) is 49.4 Å². The van der Waals surface area contributed by atoms with Gasteiger partial charge in [0.15, 0.2) is 16.6 Å². The van der Waals surface area contributed by atoms with Crippen molar-refractivity contribution >= 4 is 22.3 Å². The van der Waals surface area contributed by atoms with E-state index in [9.17, 15) is 18.0 Å². The molecular formula is C19H15F3N2OS. The normalized spacial score (nSPS) is 12.6. The molecule has 0 saturated heterocycles. The van der Waals surface area contributed by atoms with Gasteiger partial charge in [0.2, 0.25) is 0 Å². The maximum atomic E-state index is 12.6. The number of hydrogen-bond donors (Lipinski definition) is 1. The topological polar surface area (TPSA) is 42.0 Å². The number of thiazole rings is 1. The zero-order valence-corrected chi connectivity index (χ0v) is 14.6. The van der Waals surface area contributed by atoms with Crippen molar-refractivity contribution in [2.45, 2.75) is 19.1 Å². The predicted molar refractivity (Wildman–Crippen MR) is 95.5 cm³/mol. The third-order valence-corrected chi connectivity index (χ3v) is 4.59. The SMILES string of the molecule is C[C@@H](Nc1nc(C(F)(F)F)cs1)c1cccc(C(=O)c2ccccc2)c1. The molecule has 0 radical (unpaired) electrons. The standard InChI is InChI=1S/C19H15F3N2OS/c1-12(23-18-24-16(11-26-18)19(20,21)22)14-8-5-9-15(10-14)17(25)13-6-3-2-4-7-13/h2-12H,1H3,(H,23,24)/t12-/m1/s1. The number of carbonyl (C=O) groups excluding carboxylic acids is 1. The second-order valence-corrected chi connectivity index (χ2v) is 6.58. The summed E-state index contributed by atoms with van der Waals surface area (Å²) in [5.74, 6) is -0.103. The molecule has 134 valence electrons. The van der Waals surface area contributed by atoms with Gasteiger partial charge in [-0.1, -0.05) is 48.5 Å². The summed E-state index contributed by atoms with van der Waals surface area (Å²) in [6, 6.07) is 15.6. The molecule has 0 aliphatic heterocycles. The largest absolute Gasteiger partial charge is 0.434 e. The summed E-state index contributed by atoms with van der Waals surface area (Å²) in [4.78, 5) is 16.1. The first-order valence-electron chi connectivity index (χ1n) is 7.83. The molecule has 26 heavy (non-hydrogen) atoms. The summed E-state index contributed by atoms with van der Waals surface area (Å²) in [6.07, 6.45) is -4.46. The van der Waals surface area contributed by atoms with Gasteiger partial charge >= 0.3 is 6.18 Å². The molecule has 1 atom stereocenters. The fourth-order valence-corrected chi connectivity index (χ4v) is 3.25. The van der Waals surface area contributed by atoms with E-state index in [0.29, 0.717) is 11.1 Å². The van der Waals surface area contributed by atoms with Crippen molar-refractivity contribution in [2.24, 2.45) is 0 Å². The lowest BCUT2D eigenvalue weighted by Gasteiger charge is -2.14. The van der Waals surface area contributed by atoms with Crippen molar-refractivity contribution in [1.29, 1.82) is 0 Å². The van der Waals surface area contributed by atoms with E-state index in [0.717, 1.165) is 22.3 Å². The van der Waals surface area contributed by atoms with Crippen molar-refractivity contribution in [3.63, 3.8) is 0 Å². The van der Waals surface area contributed by atoms with Crippen LogP contribution in [0.4, 0.5) is 18.3 Å². The number of hydrogen-bond acceptors (Lipinski definition) is 4. The van der Waals surface area contributed by atoms with Gasteiger partial charge in [-0.05, 0) is 18.6 Å². The molecule has 0 amide bonds. The second-order valence-electron chi connectivity index (χ2n) is 5.72. The molecule has 0 aliphatic carbocycles. The lowest BCUT2D eigenvalue weighted by Crippen LogP contribution is -2.10. The molecule has 3 aromatic rings. The Bertz CT molecular complexity index is 906. The molecule has 1 N–H and O–H groups in total. The van der Waals surface area contributed by atoms with Crippen LogP contribution in [-0.4, -0.2) is 10.8 Å². The van der Waals surface area contributed by atoms with Crippen LogP contribution in [0, 0.1) is 0 Å². The van der Waals surface area contributed by atoms with E-state index in [2.05, 4.69) is 10.3 Å². The molecule has 2 aromatic carbocycles. The van der Waals surface area contributed by atoms with Gasteiger partial charge in [0, 0.05) is 16.5 Å². The number of anilines is 1. The first-order valence-corrected chi connectivity index (χ1v) is 8.71. The summed E-state index contributed by atoms with van der Waals surface area (Å²) < 4.78 is 37.9. The number of benzene rings is 2. The average molecular weight is 376 g/mol. The quantitative estimate of drug-likeness (QED) is 0.592. The number of aromatic nitrogens is 1. The minimum absolute atomic E-state index is 0.103. The minimum atomic E-state index is -4.46. The number of ketones is 1. The molecule has 0 spiro atoms. The van der Waals surface area contributed by atoms with E-state index in [4.69, 9.17) is 0 Å². The van der Waals surface area contributed by atoms with Crippen LogP contribution < -0.4 is 5.32 Å². The van der Waals surface area contributed by atoms with Crippen LogP contribution in [-0.2, 0) is 6.18 Å². The fourth-order valence-electron chi connectivity index (χ4n) is 2.44. The molecule has 1 aromatic heterocycles. The van der Waals surface area contributed by atoms with E-state index < -0.39 is 11.9 Å². The zero-order chi connectivity index (χ0) is 18.7. The van der Waals surface area contributed by atoms with E-state index in [1.807, 2.05) is 12.1 Å². The Kier molecular flexibility index (Phi) is 5.08. The van der Waals surface area contributed by atoms with Crippen molar-refractivity contribution < 1.29 is 18.0 Å². The summed E-state index contributed by atoms with van der Waals surface area (Å²) in [5, 5.41) is 4.11. The summed E-state index contributed by atoms with van der Waals surface area (Å²) in [5.41, 5.74) is 0.984. The highest BCUT2D eigenvalue weighted by Crippen LogP contribution is 2.32. The third-order valence-electron chi connectivity index (χ3n) is 3.82. The van der Waals surface area contributed by atoms with Crippen LogP contribution >= 0.6 is 11.3 Å². The molecule has 0 fully saturated rings. The van der Waals surface area contributed by atoms with Gasteiger partial charge in [0.05, 0.1) is 6.04 Å². The summed E-state index contributed by atoms with van der Waals surface area (Å²) in [7, 11) is 0. The Hall–Kier alpha value is -2.67. The van der Waals surface area contributed by atoms with Crippen LogP contribution in [0.2, 0.25) is 0 Å². The Labute approximate surface area is 152 Å². The van der Waals surface area contributed by atoms with E-state index in [1.165, 1.54) is 0 Å². The number of alkyl halides is 3. The fraction of sp³-hybridized carbons (Fsp3) is 0.158. The highest BCUT2D eigenvalue weighted by atomic mass is 32.1. The number of nitrogens with one attached hydrogen (secondary N) is 1. The third kappa shape index (κ3) is 4.11. The van der Waals surface area contributed by atoms with Gasteiger partial charge in [-0.25, -0.2) is 4.98 Å². The predicted octanol–water partition coefficient (Wildman–Crippen LogP) is 5.57. The van der Waals surface area contributed by atoms with Gasteiger partial charge < -0.3 is 5.32 Å². The molecule has 3 nitrogen and oxygen atoms in total. The maximum absolute atomic E-state index is 12.6. The van der Waals surface area contributed by atoms with Crippen LogP contribution in [0.1, 0.15) is 40.1 Å². The average Bonchev–Trinajstić information content (AvgIpc) is 3.11. The number of carbonyl (C=O) groups is 1. The monoisotopic (exact) mass is 376 g/mol. The Balaban J connectivity index is 1.77. The van der Waals surface area contributed by atoms with E-state index in [-0.39, 0.29) is 17.0 Å². The number of rotatable bonds is 5. The molecular weight excluding hydrogens is 361 g/mol. The molecule has 7 heteroatoms. The maximum Gasteiger partial charge on any atom is 0.434 e. The number of halogens is 3. The lowest BCUT2D eigenvalue weighted by molar-refractivity contribution is -0.140. The van der Waals surface area contributed by atoms with Crippen LogP contribution in [0.15, 0.2) is 60.0 Å². The van der Waals surface area contributed by atoms with Crippen LogP contribution in [0.3, 0.4) is 0 Å². The van der Waals surface area contributed by atoms with Gasteiger partial charge in [0.25, 0.3) is 0 Å². The molecule has 0 unspecified atom stereocenters. The smallest absolute Gasteiger partial charge is 0.355 e. The molecule has 0 saturated carbocycles. The summed E-state index contributed by atoms with van der Waals surface area (Å²) >= 11 is 0.898. The Morgan fingerprint density at radius 3 is 2.42 bits per heavy atom. The first kappa shape index (κ1) is 18.1. The number of nitrogens with zero attached hydrogens (tertiary/aromatic N) is 1. The Morgan fingerprint density at radius 1 is 1.08 bits per heavy atom. The van der Waals surface area contributed by atoms with Crippen molar-refractivity contribution in [1.82, 2.24) is 4.98 Å². The van der Waals surface area contributed by atoms with Gasteiger partial charge in [-0.2, -0.15) is 13.2 Å². The zero-order valence-electron chi connectivity index (χ0n) is 13.7. The van der Waals surface area contributed by atoms with Crippen molar-refractivity contribution in [2.75, 3.05) is 5.32 Å². The van der Waals surface area contributed by atoms with Gasteiger partial charge in [0.1, 0.15) is 0 Å². The molecule has 0 bridgehead atoms. The van der Waals surface area contributed by atoms with Crippen LogP contribution in [0.5, 0.6) is 0 Å². The highest BCUT2D eigenvalue weighted by Gasteiger charge is 2.33. The van der Waals surface area contributed by atoms with Crippen LogP contribution in [0.25, 0.3) is 0 Å². The minimum Gasteiger partial charge on any atom is -0.355 e. The molecule has 0 aliphatic rings. The van der Waals surface area contributed by atoms with Gasteiger partial charge in [-0.15, -0.1) is 11.3 Å². The van der Waals surface area contributed by atoms with Crippen molar-refractivity contribution in [3.8, 4) is 0 Å². The summed E-state index contributed by atoms with van der Waals surface area (Å²) in [6.45, 7) is 1.81. The Morgan fingerprint density at radius 2 is 1.77 bits per heavy atom. The first-order chi connectivity index (χ1) is 12.3. The lowest BCUT2D eigenvalue weighted by atomic mass is 9.99. The van der Waals surface area contributed by atoms with E-state index >= 15 is 0 Å². The second kappa shape index (κ2) is 7.29. The molecule has 1 heterocycles. The van der Waals surface area contributed by atoms with Gasteiger partial charge in [-0.3, -0.25) is 4.79 Å². The highest BCUT2D eigenvalue weighted by molar-refractivity contribution is 7.13.